The van der Waals surface area contributed by atoms with Crippen LogP contribution in [0, 0.1) is 5.92 Å². The number of nitrogen functional groups attached to an aromatic ring is 1. The fourth-order valence-corrected chi connectivity index (χ4v) is 1.82. The maximum Gasteiger partial charge on any atom is 0.261 e. The third kappa shape index (κ3) is 3.14. The minimum absolute atomic E-state index is 0.0384. The molecular formula is C14H18N4O2. The predicted octanol–water partition coefficient (Wildman–Crippen LogP) is 0.751. The van der Waals surface area contributed by atoms with Crippen molar-refractivity contribution in [2.24, 2.45) is 5.92 Å². The van der Waals surface area contributed by atoms with Gasteiger partial charge in [-0.2, -0.15) is 0 Å². The number of hydrogen-bond donors (Lipinski definition) is 2. The molecule has 0 saturated carbocycles. The number of aromatic nitrogens is 2. The van der Waals surface area contributed by atoms with Gasteiger partial charge in [0.2, 0.25) is 5.91 Å². The number of carbonyl (C=O) groups excluding carboxylic acids is 1. The summed E-state index contributed by atoms with van der Waals surface area (Å²) in [5.74, 6) is 0.163. The molecule has 1 aromatic carbocycles. The number of nitrogens with one attached hydrogen (secondary N) is 1. The van der Waals surface area contributed by atoms with Crippen LogP contribution >= 0.6 is 0 Å². The normalized spacial score (nSPS) is 10.9. The molecule has 0 fully saturated rings. The zero-order valence-corrected chi connectivity index (χ0v) is 11.6. The van der Waals surface area contributed by atoms with Gasteiger partial charge >= 0.3 is 0 Å². The van der Waals surface area contributed by atoms with Gasteiger partial charge in [0.15, 0.2) is 0 Å². The van der Waals surface area contributed by atoms with E-state index in [-0.39, 0.29) is 18.0 Å². The zero-order chi connectivity index (χ0) is 14.7. The molecule has 6 nitrogen and oxygen atoms in total. The summed E-state index contributed by atoms with van der Waals surface area (Å²) in [4.78, 5) is 28.1. The van der Waals surface area contributed by atoms with Crippen LogP contribution in [-0.4, -0.2) is 22.0 Å². The van der Waals surface area contributed by atoms with Crippen molar-refractivity contribution in [3.05, 3.63) is 34.9 Å². The number of benzene rings is 1. The van der Waals surface area contributed by atoms with E-state index in [0.29, 0.717) is 29.1 Å². The number of carbonyl (C=O) groups is 1. The SMILES string of the molecule is CC(C)CNC(=O)Cn1cnc2ccc(N)cc2c1=O. The van der Waals surface area contributed by atoms with E-state index >= 15 is 0 Å². The van der Waals surface area contributed by atoms with Crippen molar-refractivity contribution < 1.29 is 4.79 Å². The Morgan fingerprint density at radius 1 is 1.45 bits per heavy atom. The Morgan fingerprint density at radius 2 is 2.20 bits per heavy atom. The molecule has 6 heteroatoms. The van der Waals surface area contributed by atoms with E-state index in [2.05, 4.69) is 10.3 Å². The van der Waals surface area contributed by atoms with Crippen molar-refractivity contribution in [1.29, 1.82) is 0 Å². The van der Waals surface area contributed by atoms with Gasteiger partial charge in [0.25, 0.3) is 5.56 Å². The van der Waals surface area contributed by atoms with Crippen LogP contribution in [0.1, 0.15) is 13.8 Å². The summed E-state index contributed by atoms with van der Waals surface area (Å²) in [5, 5.41) is 3.19. The molecule has 20 heavy (non-hydrogen) atoms. The van der Waals surface area contributed by atoms with Gasteiger partial charge < -0.3 is 11.1 Å². The highest BCUT2D eigenvalue weighted by Gasteiger charge is 2.08. The summed E-state index contributed by atoms with van der Waals surface area (Å²) in [6.07, 6.45) is 1.38. The fourth-order valence-electron chi connectivity index (χ4n) is 1.82. The molecule has 1 aromatic heterocycles. The van der Waals surface area contributed by atoms with E-state index in [1.807, 2.05) is 13.8 Å². The van der Waals surface area contributed by atoms with Crippen LogP contribution in [0.25, 0.3) is 10.9 Å². The first kappa shape index (κ1) is 14.0. The lowest BCUT2D eigenvalue weighted by Gasteiger charge is -2.09. The molecule has 0 radical (unpaired) electrons. The molecule has 2 rings (SSSR count). The second-order valence-electron chi connectivity index (χ2n) is 5.15. The minimum atomic E-state index is -0.262. The minimum Gasteiger partial charge on any atom is -0.399 e. The van der Waals surface area contributed by atoms with Gasteiger partial charge in [0.05, 0.1) is 17.2 Å². The van der Waals surface area contributed by atoms with E-state index in [1.54, 1.807) is 18.2 Å². The molecule has 0 unspecified atom stereocenters. The maximum atomic E-state index is 12.2. The molecule has 2 aromatic rings. The number of hydrogen-bond acceptors (Lipinski definition) is 4. The summed E-state index contributed by atoms with van der Waals surface area (Å²) < 4.78 is 1.29. The number of nitrogens with two attached hydrogens (primary N) is 1. The lowest BCUT2D eigenvalue weighted by molar-refractivity contribution is -0.121. The Labute approximate surface area is 116 Å². The van der Waals surface area contributed by atoms with Gasteiger partial charge in [-0.3, -0.25) is 14.2 Å². The monoisotopic (exact) mass is 274 g/mol. The van der Waals surface area contributed by atoms with Crippen molar-refractivity contribution >= 4 is 22.5 Å². The van der Waals surface area contributed by atoms with Crippen LogP contribution in [0.3, 0.4) is 0 Å². The smallest absolute Gasteiger partial charge is 0.261 e. The number of anilines is 1. The largest absolute Gasteiger partial charge is 0.399 e. The molecule has 0 atom stereocenters. The third-order valence-corrected chi connectivity index (χ3v) is 2.87. The van der Waals surface area contributed by atoms with Gasteiger partial charge in [-0.15, -0.1) is 0 Å². The summed E-state index contributed by atoms with van der Waals surface area (Å²) >= 11 is 0. The van der Waals surface area contributed by atoms with E-state index < -0.39 is 0 Å². The molecule has 0 aliphatic rings. The van der Waals surface area contributed by atoms with Gasteiger partial charge in [-0.1, -0.05) is 13.8 Å². The Bertz CT molecular complexity index is 691. The van der Waals surface area contributed by atoms with Crippen molar-refractivity contribution in [2.75, 3.05) is 12.3 Å². The Kier molecular flexibility index (Phi) is 4.02. The number of fused-ring (bicyclic) bond motifs is 1. The third-order valence-electron chi connectivity index (χ3n) is 2.87. The number of nitrogens with zero attached hydrogens (tertiary/aromatic N) is 2. The van der Waals surface area contributed by atoms with Crippen LogP contribution in [0.2, 0.25) is 0 Å². The van der Waals surface area contributed by atoms with Crippen molar-refractivity contribution in [2.45, 2.75) is 20.4 Å². The van der Waals surface area contributed by atoms with E-state index in [0.717, 1.165) is 0 Å². The second-order valence-corrected chi connectivity index (χ2v) is 5.15. The summed E-state index contributed by atoms with van der Waals surface area (Å²) in [6, 6.07) is 4.96. The summed E-state index contributed by atoms with van der Waals surface area (Å²) in [5.41, 5.74) is 6.48. The highest BCUT2D eigenvalue weighted by atomic mass is 16.2. The van der Waals surface area contributed by atoms with Gasteiger partial charge in [0.1, 0.15) is 6.54 Å². The average Bonchev–Trinajstić information content (AvgIpc) is 2.40. The van der Waals surface area contributed by atoms with E-state index in [1.165, 1.54) is 10.9 Å². The molecule has 0 spiro atoms. The second kappa shape index (κ2) is 5.73. The first-order chi connectivity index (χ1) is 9.47. The molecule has 0 bridgehead atoms. The van der Waals surface area contributed by atoms with Crippen LogP contribution < -0.4 is 16.6 Å². The molecule has 1 heterocycles. The average molecular weight is 274 g/mol. The van der Waals surface area contributed by atoms with E-state index in [9.17, 15) is 9.59 Å². The first-order valence-electron chi connectivity index (χ1n) is 6.48. The summed E-state index contributed by atoms with van der Waals surface area (Å²) in [7, 11) is 0. The molecular weight excluding hydrogens is 256 g/mol. The quantitative estimate of drug-likeness (QED) is 0.805. The van der Waals surface area contributed by atoms with Crippen LogP contribution in [-0.2, 0) is 11.3 Å². The zero-order valence-electron chi connectivity index (χ0n) is 11.6. The van der Waals surface area contributed by atoms with Crippen LogP contribution in [0.4, 0.5) is 5.69 Å². The summed E-state index contributed by atoms with van der Waals surface area (Å²) in [6.45, 7) is 4.56. The Morgan fingerprint density at radius 3 is 2.90 bits per heavy atom. The Hall–Kier alpha value is -2.37. The highest BCUT2D eigenvalue weighted by molar-refractivity contribution is 5.81. The van der Waals surface area contributed by atoms with Gasteiger partial charge in [-0.05, 0) is 24.1 Å². The van der Waals surface area contributed by atoms with Crippen molar-refractivity contribution in [3.63, 3.8) is 0 Å². The maximum absolute atomic E-state index is 12.2. The van der Waals surface area contributed by atoms with Crippen molar-refractivity contribution in [1.82, 2.24) is 14.9 Å². The molecule has 106 valence electrons. The van der Waals surface area contributed by atoms with Crippen LogP contribution in [0.5, 0.6) is 0 Å². The lowest BCUT2D eigenvalue weighted by atomic mass is 10.2. The van der Waals surface area contributed by atoms with Gasteiger partial charge in [-0.25, -0.2) is 4.98 Å². The van der Waals surface area contributed by atoms with Gasteiger partial charge in [0, 0.05) is 12.2 Å². The molecule has 3 N–H and O–H groups in total. The fraction of sp³-hybridized carbons (Fsp3) is 0.357. The van der Waals surface area contributed by atoms with Crippen LogP contribution in [0.15, 0.2) is 29.3 Å². The number of amides is 1. The lowest BCUT2D eigenvalue weighted by Crippen LogP contribution is -2.34. The van der Waals surface area contributed by atoms with E-state index in [4.69, 9.17) is 5.73 Å². The standard InChI is InChI=1S/C14H18N4O2/c1-9(2)6-16-13(19)7-18-8-17-12-4-3-10(15)5-11(12)14(18)20/h3-5,8-9H,6-7,15H2,1-2H3,(H,16,19). The topological polar surface area (TPSA) is 90.0 Å². The first-order valence-corrected chi connectivity index (χ1v) is 6.48. The molecule has 0 saturated heterocycles. The molecule has 0 aliphatic heterocycles. The molecule has 1 amide bonds. The predicted molar refractivity (Wildman–Crippen MR) is 78.3 cm³/mol. The number of rotatable bonds is 4. The highest BCUT2D eigenvalue weighted by Crippen LogP contribution is 2.10. The van der Waals surface area contributed by atoms with Crippen molar-refractivity contribution in [3.8, 4) is 0 Å². The Balaban J connectivity index is 2.25. The molecule has 0 aliphatic carbocycles.